The number of halogens is 2. The molecule has 0 atom stereocenters. The Balaban J connectivity index is 3.19. The molecule has 1 rings (SSSR count). The topological polar surface area (TPSA) is 34.1 Å². The summed E-state index contributed by atoms with van der Waals surface area (Å²) in [4.78, 5) is 23.4. The Bertz CT molecular complexity index is 487. The molecule has 0 amide bonds. The van der Waals surface area contributed by atoms with Gasteiger partial charge < -0.3 is 0 Å². The van der Waals surface area contributed by atoms with Crippen LogP contribution in [0.4, 0.5) is 0 Å². The smallest absolute Gasteiger partial charge is 0.166 e. The highest BCUT2D eigenvalue weighted by molar-refractivity contribution is 6.42. The Kier molecular flexibility index (Phi) is 5.57. The molecule has 0 saturated heterocycles. The molecule has 0 radical (unpaired) electrons. The first-order valence-corrected chi connectivity index (χ1v) is 6.48. The van der Waals surface area contributed by atoms with Crippen molar-refractivity contribution < 1.29 is 9.59 Å². The Hall–Kier alpha value is -1.12. The van der Waals surface area contributed by atoms with E-state index in [1.165, 1.54) is 0 Å². The second-order valence-electron chi connectivity index (χ2n) is 3.79. The zero-order chi connectivity index (χ0) is 13.7. The van der Waals surface area contributed by atoms with Gasteiger partial charge in [0.15, 0.2) is 11.6 Å². The van der Waals surface area contributed by atoms with Gasteiger partial charge in [-0.25, -0.2) is 0 Å². The molecule has 0 saturated carbocycles. The fourth-order valence-corrected chi connectivity index (χ4v) is 1.77. The first-order valence-electron chi connectivity index (χ1n) is 5.72. The highest BCUT2D eigenvalue weighted by Crippen LogP contribution is 2.24. The van der Waals surface area contributed by atoms with Crippen LogP contribution in [0.25, 0.3) is 6.08 Å². The highest BCUT2D eigenvalue weighted by Gasteiger charge is 2.14. The number of ketones is 2. The summed E-state index contributed by atoms with van der Waals surface area (Å²) >= 11 is 11.7. The Morgan fingerprint density at radius 3 is 2.06 bits per heavy atom. The van der Waals surface area contributed by atoms with Gasteiger partial charge in [0.25, 0.3) is 0 Å². The number of allylic oxidation sites excluding steroid dienone is 1. The summed E-state index contributed by atoms with van der Waals surface area (Å²) in [6, 6.07) is 5.00. The number of carbonyl (C=O) groups excluding carboxylic acids is 2. The second kappa shape index (κ2) is 6.72. The van der Waals surface area contributed by atoms with Crippen molar-refractivity contribution in [2.24, 2.45) is 0 Å². The zero-order valence-electron chi connectivity index (χ0n) is 10.3. The van der Waals surface area contributed by atoms with E-state index in [9.17, 15) is 9.59 Å². The predicted molar refractivity (Wildman–Crippen MR) is 75.0 cm³/mol. The van der Waals surface area contributed by atoms with Crippen molar-refractivity contribution in [1.29, 1.82) is 0 Å². The van der Waals surface area contributed by atoms with Gasteiger partial charge in [-0.05, 0) is 23.8 Å². The number of Topliss-reactive ketones (excluding diaryl/α,β-unsaturated/α-hetero) is 2. The first-order chi connectivity index (χ1) is 8.49. The molecular formula is C14H14Cl2O2. The quantitative estimate of drug-likeness (QED) is 0.458. The van der Waals surface area contributed by atoms with Crippen molar-refractivity contribution in [2.45, 2.75) is 26.7 Å². The van der Waals surface area contributed by atoms with Crippen LogP contribution in [-0.4, -0.2) is 11.6 Å². The van der Waals surface area contributed by atoms with Gasteiger partial charge in [0.05, 0.1) is 15.6 Å². The molecule has 0 fully saturated rings. The molecule has 0 N–H and O–H groups in total. The van der Waals surface area contributed by atoms with E-state index in [0.29, 0.717) is 28.5 Å². The summed E-state index contributed by atoms with van der Waals surface area (Å²) in [6.07, 6.45) is 2.18. The number of benzene rings is 1. The SMILES string of the molecule is CCC(=O)C(=Cc1ccc(Cl)c(Cl)c1)C(=O)CC. The molecule has 0 heterocycles. The van der Waals surface area contributed by atoms with Crippen LogP contribution < -0.4 is 0 Å². The maximum absolute atomic E-state index is 11.7. The summed E-state index contributed by atoms with van der Waals surface area (Å²) < 4.78 is 0. The molecule has 4 heteroatoms. The maximum atomic E-state index is 11.7. The normalized spacial score (nSPS) is 10.0. The molecule has 2 nitrogen and oxygen atoms in total. The van der Waals surface area contributed by atoms with Crippen LogP contribution in [0.3, 0.4) is 0 Å². The van der Waals surface area contributed by atoms with E-state index < -0.39 is 0 Å². The molecular weight excluding hydrogens is 271 g/mol. The minimum absolute atomic E-state index is 0.159. The number of hydrogen-bond acceptors (Lipinski definition) is 2. The van der Waals surface area contributed by atoms with Crippen LogP contribution in [0.15, 0.2) is 23.8 Å². The Morgan fingerprint density at radius 1 is 1.06 bits per heavy atom. The first kappa shape index (κ1) is 14.9. The summed E-state index contributed by atoms with van der Waals surface area (Å²) in [5.74, 6) is -0.319. The van der Waals surface area contributed by atoms with Crippen LogP contribution in [-0.2, 0) is 9.59 Å². The maximum Gasteiger partial charge on any atom is 0.166 e. The van der Waals surface area contributed by atoms with Crippen LogP contribution in [0.2, 0.25) is 10.0 Å². The van der Waals surface area contributed by atoms with Gasteiger partial charge in [-0.2, -0.15) is 0 Å². The van der Waals surface area contributed by atoms with Crippen molar-refractivity contribution in [1.82, 2.24) is 0 Å². The highest BCUT2D eigenvalue weighted by atomic mass is 35.5. The van der Waals surface area contributed by atoms with Crippen LogP contribution in [0.1, 0.15) is 32.3 Å². The van der Waals surface area contributed by atoms with Crippen LogP contribution >= 0.6 is 23.2 Å². The lowest BCUT2D eigenvalue weighted by Gasteiger charge is -2.04. The largest absolute Gasteiger partial charge is 0.294 e. The molecule has 0 aromatic heterocycles. The second-order valence-corrected chi connectivity index (χ2v) is 4.60. The summed E-state index contributed by atoms with van der Waals surface area (Å²) in [7, 11) is 0. The number of carbonyl (C=O) groups is 2. The lowest BCUT2D eigenvalue weighted by Crippen LogP contribution is -2.10. The van der Waals surface area contributed by atoms with E-state index >= 15 is 0 Å². The molecule has 0 aliphatic heterocycles. The van der Waals surface area contributed by atoms with E-state index in [4.69, 9.17) is 23.2 Å². The van der Waals surface area contributed by atoms with Crippen molar-refractivity contribution in [3.05, 3.63) is 39.4 Å². The van der Waals surface area contributed by atoms with Gasteiger partial charge in [0.1, 0.15) is 0 Å². The van der Waals surface area contributed by atoms with Gasteiger partial charge in [0.2, 0.25) is 0 Å². The number of hydrogen-bond donors (Lipinski definition) is 0. The molecule has 1 aromatic carbocycles. The van der Waals surface area contributed by atoms with E-state index in [1.54, 1.807) is 38.1 Å². The average molecular weight is 285 g/mol. The van der Waals surface area contributed by atoms with E-state index in [2.05, 4.69) is 0 Å². The van der Waals surface area contributed by atoms with Crippen molar-refractivity contribution in [2.75, 3.05) is 0 Å². The van der Waals surface area contributed by atoms with E-state index in [0.717, 1.165) is 0 Å². The summed E-state index contributed by atoms with van der Waals surface area (Å²) in [5, 5.41) is 0.844. The molecule has 18 heavy (non-hydrogen) atoms. The minimum Gasteiger partial charge on any atom is -0.294 e. The van der Waals surface area contributed by atoms with Gasteiger partial charge in [-0.3, -0.25) is 9.59 Å². The Morgan fingerprint density at radius 2 is 1.61 bits per heavy atom. The van der Waals surface area contributed by atoms with Gasteiger partial charge in [-0.15, -0.1) is 0 Å². The van der Waals surface area contributed by atoms with Crippen LogP contribution in [0.5, 0.6) is 0 Å². The standard InChI is InChI=1S/C14H14Cl2O2/c1-3-13(17)10(14(18)4-2)7-9-5-6-11(15)12(16)8-9/h5-8H,3-4H2,1-2H3. The lowest BCUT2D eigenvalue weighted by molar-refractivity contribution is -0.121. The third-order valence-electron chi connectivity index (χ3n) is 2.50. The average Bonchev–Trinajstić information content (AvgIpc) is 2.38. The monoisotopic (exact) mass is 284 g/mol. The number of rotatable bonds is 5. The van der Waals surface area contributed by atoms with Crippen molar-refractivity contribution >= 4 is 40.8 Å². The molecule has 0 bridgehead atoms. The third-order valence-corrected chi connectivity index (χ3v) is 3.24. The molecule has 96 valence electrons. The summed E-state index contributed by atoms with van der Waals surface area (Å²) in [6.45, 7) is 3.46. The van der Waals surface area contributed by atoms with Gasteiger partial charge in [0, 0.05) is 12.8 Å². The van der Waals surface area contributed by atoms with E-state index in [1.807, 2.05) is 0 Å². The molecule has 1 aromatic rings. The van der Waals surface area contributed by atoms with Crippen LogP contribution in [0, 0.1) is 0 Å². The van der Waals surface area contributed by atoms with Crippen molar-refractivity contribution in [3.8, 4) is 0 Å². The zero-order valence-corrected chi connectivity index (χ0v) is 11.8. The van der Waals surface area contributed by atoms with Gasteiger partial charge in [-0.1, -0.05) is 43.1 Å². The molecule has 0 aliphatic carbocycles. The fourth-order valence-electron chi connectivity index (χ4n) is 1.47. The van der Waals surface area contributed by atoms with Gasteiger partial charge >= 0.3 is 0 Å². The Labute approximate surface area is 117 Å². The predicted octanol–water partition coefficient (Wildman–Crippen LogP) is 4.34. The summed E-state index contributed by atoms with van der Waals surface area (Å²) in [5.41, 5.74) is 0.918. The molecule has 0 unspecified atom stereocenters. The molecule has 0 spiro atoms. The lowest BCUT2D eigenvalue weighted by atomic mass is 10.00. The van der Waals surface area contributed by atoms with E-state index in [-0.39, 0.29) is 17.1 Å². The fraction of sp³-hybridized carbons (Fsp3) is 0.286. The third kappa shape index (κ3) is 3.69. The van der Waals surface area contributed by atoms with Crippen molar-refractivity contribution in [3.63, 3.8) is 0 Å². The molecule has 0 aliphatic rings. The minimum atomic E-state index is -0.159.